The van der Waals surface area contributed by atoms with Crippen LogP contribution in [0.4, 0.5) is 0 Å². The minimum Gasteiger partial charge on any atom is -0.342 e. The molecule has 21 heavy (non-hydrogen) atoms. The van der Waals surface area contributed by atoms with E-state index in [1.165, 1.54) is 0 Å². The highest BCUT2D eigenvalue weighted by Gasteiger charge is 2.41. The van der Waals surface area contributed by atoms with E-state index in [1.54, 1.807) is 30.3 Å². The second-order valence-corrected chi connectivity index (χ2v) is 6.09. The van der Waals surface area contributed by atoms with Crippen LogP contribution in [0.25, 0.3) is 0 Å². The van der Waals surface area contributed by atoms with Crippen molar-refractivity contribution in [3.63, 3.8) is 0 Å². The van der Waals surface area contributed by atoms with E-state index in [2.05, 4.69) is 10.3 Å². The zero-order valence-electron chi connectivity index (χ0n) is 12.5. The van der Waals surface area contributed by atoms with E-state index < -0.39 is 5.54 Å². The molecule has 6 heteroatoms. The Morgan fingerprint density at radius 1 is 1.52 bits per heavy atom. The normalized spacial score (nSPS) is 26.5. The molecule has 2 amide bonds. The van der Waals surface area contributed by atoms with Crippen molar-refractivity contribution in [2.45, 2.75) is 51.7 Å². The van der Waals surface area contributed by atoms with Crippen LogP contribution in [0.15, 0.2) is 18.5 Å². The standard InChI is InChI=1S/C15H20ClN3O2/c1-4-15(3)14(21)19(10(2)7-13(20)18-15)9-11-5-6-17-8-12(11)16/h5-6,8,10H,4,7,9H2,1-3H3,(H,18,20). The van der Waals surface area contributed by atoms with Crippen LogP contribution in [0.3, 0.4) is 0 Å². The fourth-order valence-electron chi connectivity index (χ4n) is 2.49. The molecule has 0 radical (unpaired) electrons. The van der Waals surface area contributed by atoms with Gasteiger partial charge in [0.25, 0.3) is 0 Å². The van der Waals surface area contributed by atoms with Gasteiger partial charge in [-0.3, -0.25) is 14.6 Å². The van der Waals surface area contributed by atoms with Gasteiger partial charge < -0.3 is 10.2 Å². The Morgan fingerprint density at radius 2 is 2.24 bits per heavy atom. The number of halogens is 1. The number of hydrogen-bond donors (Lipinski definition) is 1. The van der Waals surface area contributed by atoms with Gasteiger partial charge in [-0.25, -0.2) is 0 Å². The lowest BCUT2D eigenvalue weighted by Gasteiger charge is -2.33. The molecule has 1 aromatic rings. The molecule has 0 aliphatic carbocycles. The second kappa shape index (κ2) is 6.02. The van der Waals surface area contributed by atoms with Gasteiger partial charge in [0.1, 0.15) is 5.54 Å². The molecule has 0 spiro atoms. The molecule has 1 aliphatic rings. The van der Waals surface area contributed by atoms with Crippen molar-refractivity contribution in [3.05, 3.63) is 29.0 Å². The number of nitrogens with one attached hydrogen (secondary N) is 1. The Balaban J connectivity index is 2.33. The van der Waals surface area contributed by atoms with Gasteiger partial charge in [-0.2, -0.15) is 0 Å². The summed E-state index contributed by atoms with van der Waals surface area (Å²) in [4.78, 5) is 30.4. The van der Waals surface area contributed by atoms with E-state index in [0.717, 1.165) is 5.56 Å². The predicted octanol–water partition coefficient (Wildman–Crippen LogP) is 2.14. The smallest absolute Gasteiger partial charge is 0.248 e. The quantitative estimate of drug-likeness (QED) is 0.930. The number of pyridine rings is 1. The number of amides is 2. The molecule has 1 aliphatic heterocycles. The van der Waals surface area contributed by atoms with Crippen molar-refractivity contribution in [2.75, 3.05) is 0 Å². The summed E-state index contributed by atoms with van der Waals surface area (Å²) in [6, 6.07) is 1.63. The number of rotatable bonds is 3. The Bertz CT molecular complexity index is 564. The summed E-state index contributed by atoms with van der Waals surface area (Å²) in [5.41, 5.74) is -0.0267. The van der Waals surface area contributed by atoms with Crippen molar-refractivity contribution in [2.24, 2.45) is 0 Å². The molecule has 2 rings (SSSR count). The third-order valence-corrected chi connectivity index (χ3v) is 4.41. The van der Waals surface area contributed by atoms with E-state index in [4.69, 9.17) is 11.6 Å². The van der Waals surface area contributed by atoms with Crippen LogP contribution in [-0.4, -0.2) is 33.3 Å². The fourth-order valence-corrected chi connectivity index (χ4v) is 2.67. The maximum atomic E-state index is 12.8. The van der Waals surface area contributed by atoms with Crippen molar-refractivity contribution in [1.82, 2.24) is 15.2 Å². The Morgan fingerprint density at radius 3 is 2.86 bits per heavy atom. The van der Waals surface area contributed by atoms with Crippen LogP contribution in [0.5, 0.6) is 0 Å². The van der Waals surface area contributed by atoms with Crippen LogP contribution in [0.2, 0.25) is 5.02 Å². The molecule has 1 N–H and O–H groups in total. The lowest BCUT2D eigenvalue weighted by atomic mass is 9.97. The molecule has 1 fully saturated rings. The predicted molar refractivity (Wildman–Crippen MR) is 80.7 cm³/mol. The zero-order valence-corrected chi connectivity index (χ0v) is 13.3. The highest BCUT2D eigenvalue weighted by molar-refractivity contribution is 6.31. The zero-order chi connectivity index (χ0) is 15.6. The summed E-state index contributed by atoms with van der Waals surface area (Å²) >= 11 is 6.13. The van der Waals surface area contributed by atoms with E-state index in [0.29, 0.717) is 24.4 Å². The molecule has 0 aromatic carbocycles. The molecule has 0 saturated carbocycles. The Labute approximate surface area is 129 Å². The third-order valence-electron chi connectivity index (χ3n) is 4.07. The van der Waals surface area contributed by atoms with Gasteiger partial charge in [0.2, 0.25) is 11.8 Å². The fraction of sp³-hybridized carbons (Fsp3) is 0.533. The van der Waals surface area contributed by atoms with Gasteiger partial charge in [-0.05, 0) is 31.9 Å². The number of aromatic nitrogens is 1. The topological polar surface area (TPSA) is 62.3 Å². The van der Waals surface area contributed by atoms with Crippen LogP contribution >= 0.6 is 11.6 Å². The lowest BCUT2D eigenvalue weighted by Crippen LogP contribution is -2.55. The van der Waals surface area contributed by atoms with Crippen molar-refractivity contribution < 1.29 is 9.59 Å². The van der Waals surface area contributed by atoms with Crippen LogP contribution in [-0.2, 0) is 16.1 Å². The van der Waals surface area contributed by atoms with E-state index >= 15 is 0 Å². The maximum Gasteiger partial charge on any atom is 0.248 e. The maximum absolute atomic E-state index is 12.8. The van der Waals surface area contributed by atoms with E-state index in [9.17, 15) is 9.59 Å². The summed E-state index contributed by atoms with van der Waals surface area (Å²) in [6.07, 6.45) is 4.05. The summed E-state index contributed by atoms with van der Waals surface area (Å²) in [6.45, 7) is 5.93. The SMILES string of the molecule is CCC1(C)NC(=O)CC(C)N(Cc2ccncc2Cl)C1=O. The molecule has 2 unspecified atom stereocenters. The highest BCUT2D eigenvalue weighted by atomic mass is 35.5. The molecular weight excluding hydrogens is 290 g/mol. The van der Waals surface area contributed by atoms with Gasteiger partial charge in [0.15, 0.2) is 0 Å². The lowest BCUT2D eigenvalue weighted by molar-refractivity contribution is -0.140. The second-order valence-electron chi connectivity index (χ2n) is 5.69. The largest absolute Gasteiger partial charge is 0.342 e. The molecule has 5 nitrogen and oxygen atoms in total. The van der Waals surface area contributed by atoms with Crippen LogP contribution < -0.4 is 5.32 Å². The van der Waals surface area contributed by atoms with Crippen molar-refractivity contribution >= 4 is 23.4 Å². The number of carbonyl (C=O) groups excluding carboxylic acids is 2. The summed E-state index contributed by atoms with van der Waals surface area (Å²) in [5.74, 6) is -0.167. The first-order valence-corrected chi connectivity index (χ1v) is 7.45. The highest BCUT2D eigenvalue weighted by Crippen LogP contribution is 2.25. The molecule has 0 bridgehead atoms. The summed E-state index contributed by atoms with van der Waals surface area (Å²) < 4.78 is 0. The average Bonchev–Trinajstić information content (AvgIpc) is 2.51. The van der Waals surface area contributed by atoms with Gasteiger partial charge in [-0.15, -0.1) is 0 Å². The van der Waals surface area contributed by atoms with Crippen molar-refractivity contribution in [1.29, 1.82) is 0 Å². The monoisotopic (exact) mass is 309 g/mol. The number of hydrogen-bond acceptors (Lipinski definition) is 3. The van der Waals surface area contributed by atoms with E-state index in [-0.39, 0.29) is 17.9 Å². The first-order chi connectivity index (χ1) is 9.87. The molecule has 114 valence electrons. The third kappa shape index (κ3) is 3.18. The molecular formula is C15H20ClN3O2. The summed E-state index contributed by atoms with van der Waals surface area (Å²) in [7, 11) is 0. The first-order valence-electron chi connectivity index (χ1n) is 7.08. The van der Waals surface area contributed by atoms with E-state index in [1.807, 2.05) is 13.8 Å². The molecule has 2 heterocycles. The Kier molecular flexibility index (Phi) is 4.52. The molecule has 2 atom stereocenters. The van der Waals surface area contributed by atoms with Crippen molar-refractivity contribution in [3.8, 4) is 0 Å². The molecule has 1 aromatic heterocycles. The minimum absolute atomic E-state index is 0.0729. The van der Waals surface area contributed by atoms with Crippen LogP contribution in [0, 0.1) is 0 Å². The van der Waals surface area contributed by atoms with Gasteiger partial charge in [-0.1, -0.05) is 18.5 Å². The first kappa shape index (κ1) is 15.8. The number of nitrogens with zero attached hydrogens (tertiary/aromatic N) is 2. The Hall–Kier alpha value is -1.62. The molecule has 1 saturated heterocycles. The van der Waals surface area contributed by atoms with Gasteiger partial charge in [0, 0.05) is 31.4 Å². The summed E-state index contributed by atoms with van der Waals surface area (Å²) in [5, 5.41) is 3.37. The van der Waals surface area contributed by atoms with Gasteiger partial charge >= 0.3 is 0 Å². The van der Waals surface area contributed by atoms with Crippen LogP contribution in [0.1, 0.15) is 39.2 Å². The minimum atomic E-state index is -0.860. The number of carbonyl (C=O) groups is 2. The average molecular weight is 310 g/mol. The van der Waals surface area contributed by atoms with Gasteiger partial charge in [0.05, 0.1) is 5.02 Å².